The zero-order valence-electron chi connectivity index (χ0n) is 21.7. The topological polar surface area (TPSA) is 72.1 Å². The molecule has 2 aliphatic carbocycles. The molecule has 1 aromatic heterocycles. The van der Waals surface area contributed by atoms with Gasteiger partial charge < -0.3 is 20.9 Å². The smallest absolute Gasteiger partial charge is 0.312 e. The van der Waals surface area contributed by atoms with E-state index in [-0.39, 0.29) is 6.04 Å². The zero-order chi connectivity index (χ0) is 24.9. The van der Waals surface area contributed by atoms with Crippen LogP contribution >= 0.6 is 0 Å². The van der Waals surface area contributed by atoms with Gasteiger partial charge in [-0.2, -0.15) is 0 Å². The lowest BCUT2D eigenvalue weighted by Gasteiger charge is -2.30. The molecule has 0 radical (unpaired) electrons. The van der Waals surface area contributed by atoms with Crippen molar-refractivity contribution in [1.82, 2.24) is 15.2 Å². The molecule has 1 unspecified atom stereocenters. The van der Waals surface area contributed by atoms with Gasteiger partial charge in [-0.15, -0.1) is 0 Å². The Hall–Kier alpha value is -2.79. The highest BCUT2D eigenvalue weighted by molar-refractivity contribution is 5.85. The lowest BCUT2D eigenvalue weighted by molar-refractivity contribution is 0.237. The number of primary amides is 1. The number of rotatable bonds is 8. The number of fused-ring (bicyclic) bond motifs is 1. The summed E-state index contributed by atoms with van der Waals surface area (Å²) in [5, 5.41) is 8.14. The summed E-state index contributed by atoms with van der Waals surface area (Å²) in [7, 11) is 0. The van der Waals surface area contributed by atoms with E-state index in [1.807, 2.05) is 0 Å². The zero-order valence-corrected chi connectivity index (χ0v) is 21.7. The number of carbonyl (C=O) groups is 1. The lowest BCUT2D eigenvalue weighted by atomic mass is 9.87. The second kappa shape index (κ2) is 11.5. The summed E-state index contributed by atoms with van der Waals surface area (Å²) in [6.07, 6.45) is 14.4. The Morgan fingerprint density at radius 3 is 2.47 bits per heavy atom. The van der Waals surface area contributed by atoms with Crippen molar-refractivity contribution in [2.24, 2.45) is 5.73 Å². The van der Waals surface area contributed by atoms with Crippen LogP contribution < -0.4 is 16.4 Å². The number of nitrogens with zero attached hydrogens (tertiary/aromatic N) is 1. The molecule has 2 aromatic carbocycles. The Balaban J connectivity index is 1.36. The van der Waals surface area contributed by atoms with Crippen LogP contribution in [0, 0.1) is 6.92 Å². The predicted molar refractivity (Wildman–Crippen MR) is 148 cm³/mol. The van der Waals surface area contributed by atoms with Crippen LogP contribution in [0.1, 0.15) is 92.9 Å². The van der Waals surface area contributed by atoms with Crippen LogP contribution in [0.25, 0.3) is 10.9 Å². The molecule has 5 rings (SSSR count). The minimum atomic E-state index is -0.403. The second-order valence-electron chi connectivity index (χ2n) is 11.1. The molecular weight excluding hydrogens is 444 g/mol. The van der Waals surface area contributed by atoms with E-state index in [1.54, 1.807) is 0 Å². The van der Waals surface area contributed by atoms with Crippen molar-refractivity contribution < 1.29 is 4.79 Å². The Morgan fingerprint density at radius 1 is 0.972 bits per heavy atom. The standard InChI is InChI=1S/C31H42N4O/c1-22-8-7-9-23(20-22)27(18-19-33-24-14-16-25(17-15-24)34-31(32)36)29-21-35(26-10-3-2-4-11-26)30-13-6-5-12-28(29)30/h5-9,12-13,20-21,24-27,33H,2-4,10-11,14-19H2,1H3,(H3,32,34,36)/t24-,25-,27?. The van der Waals surface area contributed by atoms with Crippen molar-refractivity contribution in [3.05, 3.63) is 71.4 Å². The van der Waals surface area contributed by atoms with Crippen molar-refractivity contribution in [3.8, 4) is 0 Å². The average molecular weight is 487 g/mol. The first-order chi connectivity index (χ1) is 17.6. The van der Waals surface area contributed by atoms with E-state index in [4.69, 9.17) is 5.73 Å². The van der Waals surface area contributed by atoms with Gasteiger partial charge in [-0.1, -0.05) is 67.3 Å². The maximum Gasteiger partial charge on any atom is 0.312 e. The van der Waals surface area contributed by atoms with Crippen molar-refractivity contribution in [2.75, 3.05) is 6.54 Å². The molecule has 2 fully saturated rings. The number of amides is 2. The third kappa shape index (κ3) is 5.78. The number of para-hydroxylation sites is 1. The average Bonchev–Trinajstić information content (AvgIpc) is 3.27. The van der Waals surface area contributed by atoms with E-state index >= 15 is 0 Å². The quantitative estimate of drug-likeness (QED) is 0.338. The first kappa shape index (κ1) is 24.9. The molecule has 0 spiro atoms. The molecule has 2 aliphatic rings. The lowest BCUT2D eigenvalue weighted by Crippen LogP contribution is -2.44. The summed E-state index contributed by atoms with van der Waals surface area (Å²) in [6, 6.07) is 19.1. The van der Waals surface area contributed by atoms with E-state index < -0.39 is 6.03 Å². The molecule has 5 heteroatoms. The van der Waals surface area contributed by atoms with Gasteiger partial charge >= 0.3 is 6.03 Å². The Labute approximate surface area is 215 Å². The van der Waals surface area contributed by atoms with E-state index in [0.717, 1.165) is 38.6 Å². The van der Waals surface area contributed by atoms with Crippen molar-refractivity contribution >= 4 is 16.9 Å². The molecule has 4 N–H and O–H groups in total. The number of carbonyl (C=O) groups excluding carboxylic acids is 1. The van der Waals surface area contributed by atoms with Gasteiger partial charge in [0, 0.05) is 41.1 Å². The first-order valence-corrected chi connectivity index (χ1v) is 14.0. The molecule has 1 heterocycles. The highest BCUT2D eigenvalue weighted by Crippen LogP contribution is 2.39. The van der Waals surface area contributed by atoms with Crippen molar-refractivity contribution in [1.29, 1.82) is 0 Å². The van der Waals surface area contributed by atoms with Gasteiger partial charge in [-0.3, -0.25) is 0 Å². The molecule has 0 aliphatic heterocycles. The molecule has 2 saturated carbocycles. The summed E-state index contributed by atoms with van der Waals surface area (Å²) in [5.74, 6) is 0.361. The van der Waals surface area contributed by atoms with Crippen LogP contribution in [0.4, 0.5) is 4.79 Å². The van der Waals surface area contributed by atoms with Crippen molar-refractivity contribution in [3.63, 3.8) is 0 Å². The van der Waals surface area contributed by atoms with Gasteiger partial charge in [0.25, 0.3) is 0 Å². The largest absolute Gasteiger partial charge is 0.352 e. The van der Waals surface area contributed by atoms with E-state index in [2.05, 4.69) is 76.9 Å². The van der Waals surface area contributed by atoms with E-state index in [1.165, 1.54) is 59.7 Å². The van der Waals surface area contributed by atoms with Crippen LogP contribution in [0.15, 0.2) is 54.7 Å². The number of nitrogens with one attached hydrogen (secondary N) is 2. The predicted octanol–water partition coefficient (Wildman–Crippen LogP) is 6.55. The highest BCUT2D eigenvalue weighted by atomic mass is 16.2. The minimum Gasteiger partial charge on any atom is -0.352 e. The number of aryl methyl sites for hydroxylation is 1. The first-order valence-electron chi connectivity index (χ1n) is 14.0. The number of hydrogen-bond donors (Lipinski definition) is 3. The molecule has 3 aromatic rings. The summed E-state index contributed by atoms with van der Waals surface area (Å²) in [4.78, 5) is 11.2. The number of urea groups is 1. The Morgan fingerprint density at radius 2 is 1.72 bits per heavy atom. The van der Waals surface area contributed by atoms with Gasteiger partial charge in [0.1, 0.15) is 0 Å². The molecule has 1 atom stereocenters. The van der Waals surface area contributed by atoms with Gasteiger partial charge in [0.2, 0.25) is 0 Å². The number of benzene rings is 2. The highest BCUT2D eigenvalue weighted by Gasteiger charge is 2.25. The molecule has 2 amide bonds. The van der Waals surface area contributed by atoms with Gasteiger partial charge in [0.05, 0.1) is 0 Å². The maximum atomic E-state index is 11.2. The van der Waals surface area contributed by atoms with Crippen LogP contribution in [0.5, 0.6) is 0 Å². The maximum absolute atomic E-state index is 11.2. The third-order valence-electron chi connectivity index (χ3n) is 8.50. The molecule has 5 nitrogen and oxygen atoms in total. The SMILES string of the molecule is Cc1cccc(C(CCN[C@H]2CC[C@H](NC(N)=O)CC2)c2cn(C3CCCCC3)c3ccccc23)c1. The monoisotopic (exact) mass is 486 g/mol. The fourth-order valence-electron chi connectivity index (χ4n) is 6.63. The summed E-state index contributed by atoms with van der Waals surface area (Å²) in [6.45, 7) is 3.18. The summed E-state index contributed by atoms with van der Waals surface area (Å²) in [5.41, 5.74) is 10.9. The number of hydrogen-bond acceptors (Lipinski definition) is 2. The number of aromatic nitrogens is 1. The van der Waals surface area contributed by atoms with Crippen molar-refractivity contribution in [2.45, 2.75) is 95.2 Å². The molecule has 0 bridgehead atoms. The second-order valence-corrected chi connectivity index (χ2v) is 11.1. The van der Waals surface area contributed by atoms with Gasteiger partial charge in [-0.05, 0) is 75.6 Å². The fraction of sp³-hybridized carbons (Fsp3) is 0.516. The van der Waals surface area contributed by atoms with Crippen LogP contribution in [0.2, 0.25) is 0 Å². The van der Waals surface area contributed by atoms with Crippen LogP contribution in [0.3, 0.4) is 0 Å². The fourth-order valence-corrected chi connectivity index (χ4v) is 6.63. The molecular formula is C31H42N4O. The molecule has 36 heavy (non-hydrogen) atoms. The van der Waals surface area contributed by atoms with E-state index in [9.17, 15) is 4.79 Å². The normalized spacial score (nSPS) is 21.9. The summed E-state index contributed by atoms with van der Waals surface area (Å²) < 4.78 is 2.60. The van der Waals surface area contributed by atoms with Crippen LogP contribution in [-0.4, -0.2) is 29.2 Å². The minimum absolute atomic E-state index is 0.228. The molecule has 192 valence electrons. The molecule has 0 saturated heterocycles. The third-order valence-corrected chi connectivity index (χ3v) is 8.50. The summed E-state index contributed by atoms with van der Waals surface area (Å²) >= 11 is 0. The van der Waals surface area contributed by atoms with Gasteiger partial charge in [0.15, 0.2) is 0 Å². The number of nitrogens with two attached hydrogens (primary N) is 1. The van der Waals surface area contributed by atoms with E-state index in [0.29, 0.717) is 18.0 Å². The van der Waals surface area contributed by atoms with Crippen LogP contribution in [-0.2, 0) is 0 Å². The van der Waals surface area contributed by atoms with Gasteiger partial charge in [-0.25, -0.2) is 4.79 Å². The Bertz CT molecular complexity index is 1150. The Kier molecular flexibility index (Phi) is 7.96.